The van der Waals surface area contributed by atoms with Gasteiger partial charge in [-0.05, 0) is 46.2 Å². The molecule has 0 saturated carbocycles. The van der Waals surface area contributed by atoms with Crippen LogP contribution in [0, 0.1) is 0 Å². The first kappa shape index (κ1) is 14.0. The van der Waals surface area contributed by atoms with Crippen LogP contribution in [0.15, 0.2) is 0 Å². The van der Waals surface area contributed by atoms with Crippen LogP contribution in [0.5, 0.6) is 0 Å². The second-order valence-corrected chi connectivity index (χ2v) is 6.76. The van der Waals surface area contributed by atoms with E-state index in [1.54, 1.807) is 11.3 Å². The number of hydrogen-bond acceptors (Lipinski definition) is 4. The first-order valence-electron chi connectivity index (χ1n) is 6.94. The summed E-state index contributed by atoms with van der Waals surface area (Å²) in [5, 5.41) is 11.4. The van der Waals surface area contributed by atoms with E-state index in [4.69, 9.17) is 4.98 Å². The van der Waals surface area contributed by atoms with Crippen LogP contribution in [0.2, 0.25) is 0 Å². The van der Waals surface area contributed by atoms with Gasteiger partial charge < -0.3 is 5.11 Å². The van der Waals surface area contributed by atoms with Crippen molar-refractivity contribution in [2.24, 2.45) is 0 Å². The Morgan fingerprint density at radius 3 is 2.56 bits per heavy atom. The summed E-state index contributed by atoms with van der Waals surface area (Å²) < 4.78 is 0. The smallest absolute Gasteiger partial charge is 0.107 e. The molecule has 0 aliphatic carbocycles. The summed E-state index contributed by atoms with van der Waals surface area (Å²) in [6.07, 6.45) is 4.67. The van der Waals surface area contributed by atoms with Crippen molar-refractivity contribution >= 4 is 11.3 Å². The predicted molar refractivity (Wildman–Crippen MR) is 75.9 cm³/mol. The van der Waals surface area contributed by atoms with E-state index < -0.39 is 5.60 Å². The maximum atomic E-state index is 10.2. The number of aromatic nitrogens is 1. The van der Waals surface area contributed by atoms with Crippen molar-refractivity contribution in [2.75, 3.05) is 13.1 Å². The van der Waals surface area contributed by atoms with E-state index in [2.05, 4.69) is 11.8 Å². The Bertz CT molecular complexity index is 389. The van der Waals surface area contributed by atoms with Gasteiger partial charge in [-0.25, -0.2) is 4.98 Å². The highest BCUT2D eigenvalue weighted by Gasteiger charge is 2.25. The average Bonchev–Trinajstić information content (AvgIpc) is 2.88. The summed E-state index contributed by atoms with van der Waals surface area (Å²) in [5.74, 6) is 0. The molecule has 0 amide bonds. The van der Waals surface area contributed by atoms with Gasteiger partial charge in [0.15, 0.2) is 0 Å². The fraction of sp³-hybridized carbons (Fsp3) is 0.786. The Hall–Kier alpha value is -0.450. The summed E-state index contributed by atoms with van der Waals surface area (Å²) in [4.78, 5) is 8.26. The molecule has 0 aromatic carbocycles. The molecule has 1 N–H and O–H groups in total. The molecule has 0 unspecified atom stereocenters. The second-order valence-electron chi connectivity index (χ2n) is 5.68. The molecule has 1 aliphatic heterocycles. The monoisotopic (exact) mass is 268 g/mol. The minimum Gasteiger partial charge on any atom is -0.385 e. The molecular weight excluding hydrogens is 244 g/mol. The Morgan fingerprint density at radius 1 is 1.33 bits per heavy atom. The van der Waals surface area contributed by atoms with Crippen molar-refractivity contribution in [3.05, 3.63) is 15.6 Å². The molecule has 1 aromatic heterocycles. The largest absolute Gasteiger partial charge is 0.385 e. The van der Waals surface area contributed by atoms with Gasteiger partial charge in [-0.1, -0.05) is 13.3 Å². The molecule has 4 heteroatoms. The maximum Gasteiger partial charge on any atom is 0.107 e. The summed E-state index contributed by atoms with van der Waals surface area (Å²) in [6.45, 7) is 9.23. The minimum absolute atomic E-state index is 0.759. The molecule has 1 saturated heterocycles. The molecule has 18 heavy (non-hydrogen) atoms. The van der Waals surface area contributed by atoms with Gasteiger partial charge in [0.1, 0.15) is 5.01 Å². The highest BCUT2D eigenvalue weighted by molar-refractivity contribution is 7.11. The second kappa shape index (κ2) is 5.68. The van der Waals surface area contributed by atoms with Gasteiger partial charge in [0.05, 0.1) is 22.7 Å². The summed E-state index contributed by atoms with van der Waals surface area (Å²) in [7, 11) is 0. The molecule has 0 atom stereocenters. The topological polar surface area (TPSA) is 36.4 Å². The molecule has 1 fully saturated rings. The Balaban J connectivity index is 2.16. The molecular formula is C14H24N2OS. The van der Waals surface area contributed by atoms with Crippen LogP contribution in [0.1, 0.15) is 55.6 Å². The van der Waals surface area contributed by atoms with Crippen molar-refractivity contribution < 1.29 is 5.11 Å². The zero-order valence-electron chi connectivity index (χ0n) is 11.7. The SMILES string of the molecule is CCCc1nc(CN2CCCC2)sc1C(C)(C)O. The van der Waals surface area contributed by atoms with Gasteiger partial charge in [0.2, 0.25) is 0 Å². The molecule has 3 nitrogen and oxygen atoms in total. The van der Waals surface area contributed by atoms with Crippen molar-refractivity contribution in [2.45, 2.75) is 58.6 Å². The van der Waals surface area contributed by atoms with Gasteiger partial charge in [-0.3, -0.25) is 4.90 Å². The lowest BCUT2D eigenvalue weighted by Gasteiger charge is -2.16. The first-order chi connectivity index (χ1) is 8.50. The molecule has 0 spiro atoms. The van der Waals surface area contributed by atoms with E-state index in [1.165, 1.54) is 25.9 Å². The van der Waals surface area contributed by atoms with Crippen LogP contribution < -0.4 is 0 Å². The van der Waals surface area contributed by atoms with Crippen LogP contribution >= 0.6 is 11.3 Å². The Labute approximate surface area is 114 Å². The van der Waals surface area contributed by atoms with Crippen LogP contribution in [-0.2, 0) is 18.6 Å². The van der Waals surface area contributed by atoms with Crippen molar-refractivity contribution in [3.8, 4) is 0 Å². The van der Waals surface area contributed by atoms with Crippen molar-refractivity contribution in [1.82, 2.24) is 9.88 Å². The van der Waals surface area contributed by atoms with Gasteiger partial charge >= 0.3 is 0 Å². The molecule has 1 aliphatic rings. The van der Waals surface area contributed by atoms with Crippen LogP contribution in [0.3, 0.4) is 0 Å². The number of rotatable bonds is 5. The van der Waals surface area contributed by atoms with Gasteiger partial charge in [-0.2, -0.15) is 0 Å². The third kappa shape index (κ3) is 3.31. The fourth-order valence-corrected chi connectivity index (χ4v) is 3.64. The minimum atomic E-state index is -0.759. The van der Waals surface area contributed by atoms with E-state index in [1.807, 2.05) is 13.8 Å². The fourth-order valence-electron chi connectivity index (χ4n) is 2.48. The zero-order chi connectivity index (χ0) is 13.2. The number of likely N-dealkylation sites (tertiary alicyclic amines) is 1. The Morgan fingerprint density at radius 2 is 2.00 bits per heavy atom. The molecule has 1 aromatic rings. The van der Waals surface area contributed by atoms with Gasteiger partial charge in [0.25, 0.3) is 0 Å². The summed E-state index contributed by atoms with van der Waals surface area (Å²) >= 11 is 1.69. The zero-order valence-corrected chi connectivity index (χ0v) is 12.5. The number of thiazole rings is 1. The van der Waals surface area contributed by atoms with E-state index in [-0.39, 0.29) is 0 Å². The number of aryl methyl sites for hydroxylation is 1. The first-order valence-corrected chi connectivity index (χ1v) is 7.76. The van der Waals surface area contributed by atoms with E-state index in [0.29, 0.717) is 0 Å². The maximum absolute atomic E-state index is 10.2. The standard InChI is InChI=1S/C14H24N2OS/c1-4-7-11-13(14(2,3)17)18-12(15-11)10-16-8-5-6-9-16/h17H,4-10H2,1-3H3. The van der Waals surface area contributed by atoms with Crippen LogP contribution in [-0.4, -0.2) is 28.1 Å². The highest BCUT2D eigenvalue weighted by Crippen LogP contribution is 2.31. The molecule has 2 rings (SSSR count). The molecule has 2 heterocycles. The van der Waals surface area contributed by atoms with E-state index in [9.17, 15) is 5.11 Å². The predicted octanol–water partition coefficient (Wildman–Crippen LogP) is 2.92. The third-order valence-corrected chi connectivity index (χ3v) is 4.74. The highest BCUT2D eigenvalue weighted by atomic mass is 32.1. The molecule has 0 bridgehead atoms. The van der Waals surface area contributed by atoms with Crippen LogP contribution in [0.25, 0.3) is 0 Å². The Kier molecular flexibility index (Phi) is 4.41. The van der Waals surface area contributed by atoms with E-state index >= 15 is 0 Å². The summed E-state index contributed by atoms with van der Waals surface area (Å²) in [5.41, 5.74) is 0.343. The summed E-state index contributed by atoms with van der Waals surface area (Å²) in [6, 6.07) is 0. The van der Waals surface area contributed by atoms with Gasteiger partial charge in [0, 0.05) is 0 Å². The number of hydrogen-bond donors (Lipinski definition) is 1. The third-order valence-electron chi connectivity index (χ3n) is 3.34. The number of aliphatic hydroxyl groups is 1. The van der Waals surface area contributed by atoms with Crippen LogP contribution in [0.4, 0.5) is 0 Å². The molecule has 0 radical (unpaired) electrons. The number of nitrogens with zero attached hydrogens (tertiary/aromatic N) is 2. The molecule has 102 valence electrons. The van der Waals surface area contributed by atoms with Crippen molar-refractivity contribution in [3.63, 3.8) is 0 Å². The lowest BCUT2D eigenvalue weighted by atomic mass is 10.0. The average molecular weight is 268 g/mol. The lowest BCUT2D eigenvalue weighted by molar-refractivity contribution is 0.0813. The van der Waals surface area contributed by atoms with Crippen molar-refractivity contribution in [1.29, 1.82) is 0 Å². The van der Waals surface area contributed by atoms with Gasteiger partial charge in [-0.15, -0.1) is 11.3 Å². The lowest BCUT2D eigenvalue weighted by Crippen LogP contribution is -2.18. The van der Waals surface area contributed by atoms with E-state index in [0.717, 1.165) is 35.0 Å². The quantitative estimate of drug-likeness (QED) is 0.892. The normalized spacial score (nSPS) is 17.6.